The van der Waals surface area contributed by atoms with Gasteiger partial charge >= 0.3 is 0 Å². The molecule has 1 amide bonds. The van der Waals surface area contributed by atoms with Gasteiger partial charge in [-0.25, -0.2) is 0 Å². The number of halogens is 1. The molecule has 37 heavy (non-hydrogen) atoms. The Labute approximate surface area is 229 Å². The Balaban J connectivity index is 1.22. The third kappa shape index (κ3) is 7.92. The summed E-state index contributed by atoms with van der Waals surface area (Å²) in [5.74, 6) is 0.497. The van der Waals surface area contributed by atoms with E-state index in [1.807, 2.05) is 30.3 Å². The number of thiocarbonyl (C=S) groups is 1. The summed E-state index contributed by atoms with van der Waals surface area (Å²) >= 11 is 11.7. The molecule has 1 fully saturated rings. The van der Waals surface area contributed by atoms with Crippen LogP contribution in [0.3, 0.4) is 0 Å². The molecule has 1 heterocycles. The van der Waals surface area contributed by atoms with Crippen molar-refractivity contribution >= 4 is 46.2 Å². The maximum absolute atomic E-state index is 12.5. The first-order valence-electron chi connectivity index (χ1n) is 12.7. The number of carbonyl (C=O) groups excluding carboxylic acids is 1. The number of amides is 1. The topological polar surface area (TPSA) is 56.8 Å². The molecule has 0 aliphatic carbocycles. The Morgan fingerprint density at radius 2 is 1.68 bits per heavy atom. The molecule has 194 valence electrons. The average Bonchev–Trinajstić information content (AvgIpc) is 2.91. The van der Waals surface area contributed by atoms with Crippen LogP contribution >= 0.6 is 23.8 Å². The number of nitrogens with zero attached hydrogens (tertiary/aromatic N) is 2. The zero-order valence-electron chi connectivity index (χ0n) is 21.1. The van der Waals surface area contributed by atoms with Crippen molar-refractivity contribution in [3.05, 3.63) is 88.9 Å². The van der Waals surface area contributed by atoms with Crippen molar-refractivity contribution in [2.75, 3.05) is 43.0 Å². The maximum atomic E-state index is 12.5. The number of carbonyl (C=O) groups is 1. The van der Waals surface area contributed by atoms with Crippen LogP contribution in [-0.4, -0.2) is 48.7 Å². The Hall–Kier alpha value is -3.13. The van der Waals surface area contributed by atoms with Crippen LogP contribution in [-0.2, 0) is 6.54 Å². The fourth-order valence-corrected chi connectivity index (χ4v) is 4.57. The molecule has 0 atom stereocenters. The number of anilines is 2. The first-order valence-corrected chi connectivity index (χ1v) is 13.5. The van der Waals surface area contributed by atoms with Gasteiger partial charge in [-0.3, -0.25) is 15.0 Å². The van der Waals surface area contributed by atoms with Gasteiger partial charge in [-0.1, -0.05) is 43.1 Å². The second-order valence-electron chi connectivity index (χ2n) is 9.04. The summed E-state index contributed by atoms with van der Waals surface area (Å²) in [5.41, 5.74) is 3.69. The highest BCUT2D eigenvalue weighted by molar-refractivity contribution is 7.80. The van der Waals surface area contributed by atoms with Gasteiger partial charge in [0.2, 0.25) is 0 Å². The number of hydrogen-bond donors (Lipinski definition) is 2. The van der Waals surface area contributed by atoms with Crippen LogP contribution in [0, 0.1) is 0 Å². The van der Waals surface area contributed by atoms with Crippen LogP contribution in [0.1, 0.15) is 35.7 Å². The predicted molar refractivity (Wildman–Crippen MR) is 156 cm³/mol. The van der Waals surface area contributed by atoms with Crippen LogP contribution in [0.15, 0.2) is 72.8 Å². The Kier molecular flexibility index (Phi) is 9.77. The molecule has 8 heteroatoms. The summed E-state index contributed by atoms with van der Waals surface area (Å²) in [4.78, 5) is 17.4. The molecule has 1 saturated heterocycles. The van der Waals surface area contributed by atoms with Crippen LogP contribution in [0.4, 0.5) is 11.4 Å². The van der Waals surface area contributed by atoms with Crippen molar-refractivity contribution in [3.63, 3.8) is 0 Å². The molecular formula is C29H33ClN4O2S. The smallest absolute Gasteiger partial charge is 0.257 e. The van der Waals surface area contributed by atoms with E-state index in [2.05, 4.69) is 45.6 Å². The largest absolute Gasteiger partial charge is 0.494 e. The van der Waals surface area contributed by atoms with Crippen LogP contribution in [0.5, 0.6) is 5.75 Å². The molecule has 0 saturated carbocycles. The summed E-state index contributed by atoms with van der Waals surface area (Å²) in [7, 11) is 0. The molecular weight excluding hydrogens is 504 g/mol. The molecule has 4 rings (SSSR count). The minimum atomic E-state index is -0.260. The van der Waals surface area contributed by atoms with E-state index in [4.69, 9.17) is 28.6 Å². The van der Waals surface area contributed by atoms with Gasteiger partial charge in [0.25, 0.3) is 5.91 Å². The first kappa shape index (κ1) is 26.9. The molecule has 3 aromatic rings. The lowest BCUT2D eigenvalue weighted by Gasteiger charge is -2.36. The van der Waals surface area contributed by atoms with Crippen molar-refractivity contribution in [2.24, 2.45) is 0 Å². The summed E-state index contributed by atoms with van der Waals surface area (Å²) < 4.78 is 5.65. The predicted octanol–water partition coefficient (Wildman–Crippen LogP) is 5.97. The zero-order chi connectivity index (χ0) is 26.0. The van der Waals surface area contributed by atoms with Gasteiger partial charge < -0.3 is 15.0 Å². The van der Waals surface area contributed by atoms with Crippen molar-refractivity contribution < 1.29 is 9.53 Å². The van der Waals surface area contributed by atoms with Crippen molar-refractivity contribution in [1.82, 2.24) is 10.2 Å². The molecule has 1 aliphatic rings. The van der Waals surface area contributed by atoms with E-state index in [1.54, 1.807) is 24.3 Å². The lowest BCUT2D eigenvalue weighted by Crippen LogP contribution is -2.46. The second kappa shape index (κ2) is 13.4. The standard InChI is InChI=1S/C29H33ClN4O2S/c1-2-3-20-36-26-14-8-22(9-15-26)28(35)32-29(37)31-24-10-12-25(13-11-24)34-18-16-33(17-19-34)21-23-6-4-5-7-27(23)30/h4-15H,2-3,16-21H2,1H3,(H2,31,32,35,37). The number of hydrogen-bond acceptors (Lipinski definition) is 5. The van der Waals surface area contributed by atoms with Gasteiger partial charge in [0.15, 0.2) is 5.11 Å². The van der Waals surface area contributed by atoms with E-state index in [-0.39, 0.29) is 11.0 Å². The average molecular weight is 537 g/mol. The summed E-state index contributed by atoms with van der Waals surface area (Å²) in [5, 5.41) is 6.92. The first-order chi connectivity index (χ1) is 18.0. The van der Waals surface area contributed by atoms with Gasteiger partial charge in [0, 0.05) is 54.7 Å². The van der Waals surface area contributed by atoms with E-state index in [1.165, 1.54) is 11.3 Å². The third-order valence-electron chi connectivity index (χ3n) is 6.32. The highest BCUT2D eigenvalue weighted by Gasteiger charge is 2.18. The molecule has 6 nitrogen and oxygen atoms in total. The van der Waals surface area contributed by atoms with Gasteiger partial charge in [-0.05, 0) is 78.8 Å². The normalized spacial score (nSPS) is 13.7. The van der Waals surface area contributed by atoms with Gasteiger partial charge in [0.05, 0.1) is 6.61 Å². The fourth-order valence-electron chi connectivity index (χ4n) is 4.16. The van der Waals surface area contributed by atoms with E-state index < -0.39 is 0 Å². The van der Waals surface area contributed by atoms with Crippen LogP contribution in [0.25, 0.3) is 0 Å². The third-order valence-corrected chi connectivity index (χ3v) is 6.90. The van der Waals surface area contributed by atoms with Crippen molar-refractivity contribution in [2.45, 2.75) is 26.3 Å². The minimum absolute atomic E-state index is 0.259. The molecule has 3 aromatic carbocycles. The summed E-state index contributed by atoms with van der Waals surface area (Å²) in [6.07, 6.45) is 2.08. The van der Waals surface area contributed by atoms with Gasteiger partial charge in [-0.2, -0.15) is 0 Å². The Morgan fingerprint density at radius 1 is 0.973 bits per heavy atom. The summed E-state index contributed by atoms with van der Waals surface area (Å²) in [6.45, 7) is 7.53. The Bertz CT molecular complexity index is 1180. The summed E-state index contributed by atoms with van der Waals surface area (Å²) in [6, 6.07) is 23.2. The highest BCUT2D eigenvalue weighted by atomic mass is 35.5. The zero-order valence-corrected chi connectivity index (χ0v) is 22.7. The molecule has 0 radical (unpaired) electrons. The van der Waals surface area contributed by atoms with Crippen LogP contribution in [0.2, 0.25) is 5.02 Å². The lowest BCUT2D eigenvalue weighted by atomic mass is 10.2. The van der Waals surface area contributed by atoms with E-state index in [0.29, 0.717) is 12.2 Å². The van der Waals surface area contributed by atoms with Gasteiger partial charge in [0.1, 0.15) is 5.75 Å². The number of nitrogens with one attached hydrogen (secondary N) is 2. The monoisotopic (exact) mass is 536 g/mol. The molecule has 0 spiro atoms. The molecule has 1 aliphatic heterocycles. The number of ether oxygens (including phenoxy) is 1. The number of rotatable bonds is 9. The van der Waals surface area contributed by atoms with E-state index in [0.717, 1.165) is 62.0 Å². The lowest BCUT2D eigenvalue weighted by molar-refractivity contribution is 0.0977. The van der Waals surface area contributed by atoms with Crippen LogP contribution < -0.4 is 20.3 Å². The number of piperazine rings is 1. The quantitative estimate of drug-likeness (QED) is 0.260. The van der Waals surface area contributed by atoms with Gasteiger partial charge in [-0.15, -0.1) is 0 Å². The second-order valence-corrected chi connectivity index (χ2v) is 9.85. The van der Waals surface area contributed by atoms with E-state index in [9.17, 15) is 4.79 Å². The molecule has 0 unspecified atom stereocenters. The SMILES string of the molecule is CCCCOc1ccc(C(=O)NC(=S)Nc2ccc(N3CCN(Cc4ccccc4Cl)CC3)cc2)cc1. The minimum Gasteiger partial charge on any atom is -0.494 e. The van der Waals surface area contributed by atoms with Crippen molar-refractivity contribution in [1.29, 1.82) is 0 Å². The fraction of sp³-hybridized carbons (Fsp3) is 0.310. The molecule has 0 aromatic heterocycles. The molecule has 2 N–H and O–H groups in total. The molecule has 0 bridgehead atoms. The number of unbranched alkanes of at least 4 members (excludes halogenated alkanes) is 1. The van der Waals surface area contributed by atoms with E-state index >= 15 is 0 Å². The highest BCUT2D eigenvalue weighted by Crippen LogP contribution is 2.22. The maximum Gasteiger partial charge on any atom is 0.257 e. The Morgan fingerprint density at radius 3 is 2.35 bits per heavy atom. The van der Waals surface area contributed by atoms with Crippen molar-refractivity contribution in [3.8, 4) is 5.75 Å². The number of benzene rings is 3.